The minimum atomic E-state index is -3.79. The maximum atomic E-state index is 13.1. The standard InChI is InChI=1S/C22H28N2O6S/c1-29-16-11-12-21(30-2)18(14-16)20(25)15-23-22(26)19-10-6-7-13-24(19)31(27,28)17-8-4-3-5-9-17/h3-5,8-9,11-12,14,19-20,25H,6-7,10,13,15H2,1-2H3,(H,23,26). The highest BCUT2D eigenvalue weighted by molar-refractivity contribution is 7.89. The highest BCUT2D eigenvalue weighted by Crippen LogP contribution is 2.29. The molecule has 2 N–H and O–H groups in total. The molecule has 2 aromatic rings. The Balaban J connectivity index is 1.73. The van der Waals surface area contributed by atoms with E-state index in [2.05, 4.69) is 5.32 Å². The summed E-state index contributed by atoms with van der Waals surface area (Å²) >= 11 is 0. The first-order valence-corrected chi connectivity index (χ1v) is 11.6. The van der Waals surface area contributed by atoms with Gasteiger partial charge in [0.05, 0.1) is 25.2 Å². The van der Waals surface area contributed by atoms with E-state index >= 15 is 0 Å². The fourth-order valence-electron chi connectivity index (χ4n) is 3.71. The molecule has 3 rings (SSSR count). The summed E-state index contributed by atoms with van der Waals surface area (Å²) in [7, 11) is -0.784. The van der Waals surface area contributed by atoms with Crippen LogP contribution in [0.25, 0.3) is 0 Å². The van der Waals surface area contributed by atoms with E-state index in [4.69, 9.17) is 9.47 Å². The van der Waals surface area contributed by atoms with E-state index in [9.17, 15) is 18.3 Å². The highest BCUT2D eigenvalue weighted by Gasteiger charge is 2.37. The molecule has 168 valence electrons. The molecular formula is C22H28N2O6S. The maximum Gasteiger partial charge on any atom is 0.243 e. The molecule has 1 aliphatic rings. The number of piperidine rings is 1. The van der Waals surface area contributed by atoms with Crippen molar-refractivity contribution in [2.75, 3.05) is 27.3 Å². The van der Waals surface area contributed by atoms with Gasteiger partial charge < -0.3 is 19.9 Å². The van der Waals surface area contributed by atoms with Crippen LogP contribution in [-0.2, 0) is 14.8 Å². The van der Waals surface area contributed by atoms with E-state index in [0.29, 0.717) is 29.9 Å². The third-order valence-corrected chi connectivity index (χ3v) is 7.29. The van der Waals surface area contributed by atoms with Gasteiger partial charge in [0.25, 0.3) is 0 Å². The number of nitrogens with one attached hydrogen (secondary N) is 1. The van der Waals surface area contributed by atoms with Crippen LogP contribution in [0.2, 0.25) is 0 Å². The molecule has 2 atom stereocenters. The van der Waals surface area contributed by atoms with Crippen molar-refractivity contribution in [3.63, 3.8) is 0 Å². The van der Waals surface area contributed by atoms with Crippen molar-refractivity contribution < 1.29 is 27.8 Å². The second-order valence-corrected chi connectivity index (χ2v) is 9.20. The van der Waals surface area contributed by atoms with Crippen LogP contribution >= 0.6 is 0 Å². The van der Waals surface area contributed by atoms with Crippen molar-refractivity contribution in [1.29, 1.82) is 0 Å². The van der Waals surface area contributed by atoms with Gasteiger partial charge in [-0.1, -0.05) is 24.6 Å². The predicted molar refractivity (Wildman–Crippen MR) is 115 cm³/mol. The zero-order valence-electron chi connectivity index (χ0n) is 17.7. The number of carbonyl (C=O) groups is 1. The van der Waals surface area contributed by atoms with Gasteiger partial charge in [-0.15, -0.1) is 0 Å². The lowest BCUT2D eigenvalue weighted by Crippen LogP contribution is -2.52. The Morgan fingerprint density at radius 3 is 2.58 bits per heavy atom. The number of aliphatic hydroxyl groups excluding tert-OH is 1. The van der Waals surface area contributed by atoms with Crippen molar-refractivity contribution in [2.24, 2.45) is 0 Å². The summed E-state index contributed by atoms with van der Waals surface area (Å²) in [5.74, 6) is 0.585. The number of hydrogen-bond donors (Lipinski definition) is 2. The molecule has 1 aliphatic heterocycles. The summed E-state index contributed by atoms with van der Waals surface area (Å²) in [6.07, 6.45) is 0.831. The zero-order valence-corrected chi connectivity index (χ0v) is 18.5. The molecule has 0 bridgehead atoms. The molecule has 0 spiro atoms. The lowest BCUT2D eigenvalue weighted by molar-refractivity contribution is -0.126. The first-order valence-electron chi connectivity index (χ1n) is 10.1. The van der Waals surface area contributed by atoms with Crippen molar-refractivity contribution in [2.45, 2.75) is 36.3 Å². The van der Waals surface area contributed by atoms with Crippen LogP contribution in [0, 0.1) is 0 Å². The monoisotopic (exact) mass is 448 g/mol. The average molecular weight is 449 g/mol. The van der Waals surface area contributed by atoms with Crippen LogP contribution in [0.4, 0.5) is 0 Å². The van der Waals surface area contributed by atoms with Crippen molar-refractivity contribution in [3.05, 3.63) is 54.1 Å². The summed E-state index contributed by atoms with van der Waals surface area (Å²) in [6, 6.07) is 12.3. The summed E-state index contributed by atoms with van der Waals surface area (Å²) in [6.45, 7) is 0.194. The first kappa shape index (κ1) is 23.1. The smallest absolute Gasteiger partial charge is 0.243 e. The third-order valence-electron chi connectivity index (χ3n) is 5.37. The van der Waals surface area contributed by atoms with Crippen LogP contribution in [0.1, 0.15) is 30.9 Å². The second kappa shape index (κ2) is 10.1. The normalized spacial score (nSPS) is 18.2. The fraction of sp³-hybridized carbons (Fsp3) is 0.409. The predicted octanol–water partition coefficient (Wildman–Crippen LogP) is 2.10. The summed E-state index contributed by atoms with van der Waals surface area (Å²) in [5, 5.41) is 13.3. The van der Waals surface area contributed by atoms with Gasteiger partial charge in [0.15, 0.2) is 0 Å². The van der Waals surface area contributed by atoms with Gasteiger partial charge >= 0.3 is 0 Å². The Kier molecular flexibility index (Phi) is 7.53. The molecule has 2 unspecified atom stereocenters. The second-order valence-electron chi connectivity index (χ2n) is 7.31. The number of methoxy groups -OCH3 is 2. The van der Waals surface area contributed by atoms with Gasteiger partial charge in [-0.25, -0.2) is 8.42 Å². The van der Waals surface area contributed by atoms with Crippen LogP contribution in [0.5, 0.6) is 11.5 Å². The summed E-state index contributed by atoms with van der Waals surface area (Å²) in [4.78, 5) is 13.1. The van der Waals surface area contributed by atoms with E-state index in [1.807, 2.05) is 0 Å². The molecule has 0 aliphatic carbocycles. The molecule has 2 aromatic carbocycles. The van der Waals surface area contributed by atoms with Gasteiger partial charge in [-0.3, -0.25) is 4.79 Å². The largest absolute Gasteiger partial charge is 0.497 e. The van der Waals surface area contributed by atoms with Gasteiger partial charge in [-0.05, 0) is 43.2 Å². The third kappa shape index (κ3) is 5.17. The number of nitrogens with zero attached hydrogens (tertiary/aromatic N) is 1. The van der Waals surface area contributed by atoms with E-state index in [-0.39, 0.29) is 18.0 Å². The van der Waals surface area contributed by atoms with Gasteiger partial charge in [-0.2, -0.15) is 4.31 Å². The highest BCUT2D eigenvalue weighted by atomic mass is 32.2. The number of sulfonamides is 1. The number of aliphatic hydroxyl groups is 1. The zero-order chi connectivity index (χ0) is 22.4. The number of rotatable bonds is 8. The molecular weight excluding hydrogens is 420 g/mol. The van der Waals surface area contributed by atoms with Crippen molar-refractivity contribution in [1.82, 2.24) is 9.62 Å². The van der Waals surface area contributed by atoms with Crippen LogP contribution in [-0.4, -0.2) is 57.1 Å². The van der Waals surface area contributed by atoms with Gasteiger partial charge in [0, 0.05) is 18.7 Å². The molecule has 8 nitrogen and oxygen atoms in total. The number of amides is 1. The van der Waals surface area contributed by atoms with Gasteiger partial charge in [0.1, 0.15) is 17.5 Å². The molecule has 1 fully saturated rings. The van der Waals surface area contributed by atoms with Crippen molar-refractivity contribution in [3.8, 4) is 11.5 Å². The average Bonchev–Trinajstić information content (AvgIpc) is 2.82. The Bertz CT molecular complexity index is 996. The van der Waals surface area contributed by atoms with Crippen LogP contribution in [0.3, 0.4) is 0 Å². The van der Waals surface area contributed by atoms with E-state index in [1.54, 1.807) is 36.4 Å². The first-order chi connectivity index (χ1) is 14.9. The fourth-order valence-corrected chi connectivity index (χ4v) is 5.38. The quantitative estimate of drug-likeness (QED) is 0.641. The van der Waals surface area contributed by atoms with E-state index in [0.717, 1.165) is 6.42 Å². The molecule has 0 aromatic heterocycles. The van der Waals surface area contributed by atoms with E-state index in [1.165, 1.54) is 30.7 Å². The van der Waals surface area contributed by atoms with Gasteiger partial charge in [0.2, 0.25) is 15.9 Å². The Morgan fingerprint density at radius 2 is 1.90 bits per heavy atom. The number of hydrogen-bond acceptors (Lipinski definition) is 6. The van der Waals surface area contributed by atoms with Crippen LogP contribution < -0.4 is 14.8 Å². The van der Waals surface area contributed by atoms with Crippen LogP contribution in [0.15, 0.2) is 53.4 Å². The molecule has 0 saturated carbocycles. The number of ether oxygens (including phenoxy) is 2. The molecule has 1 saturated heterocycles. The lowest BCUT2D eigenvalue weighted by atomic mass is 10.0. The van der Waals surface area contributed by atoms with Crippen molar-refractivity contribution >= 4 is 15.9 Å². The molecule has 1 amide bonds. The summed E-state index contributed by atoms with van der Waals surface area (Å²) < 4.78 is 37.9. The minimum absolute atomic E-state index is 0.0852. The van der Waals surface area contributed by atoms with E-state index < -0.39 is 28.1 Å². The Labute approximate surface area is 182 Å². The maximum absolute atomic E-state index is 13.1. The Morgan fingerprint density at radius 1 is 1.16 bits per heavy atom. The number of benzene rings is 2. The molecule has 1 heterocycles. The SMILES string of the molecule is COc1ccc(OC)c(C(O)CNC(=O)C2CCCCN2S(=O)(=O)c2ccccc2)c1. The number of carbonyl (C=O) groups excluding carboxylic acids is 1. The Hall–Kier alpha value is -2.62. The summed E-state index contributed by atoms with van der Waals surface area (Å²) in [5.41, 5.74) is 0.472. The molecule has 0 radical (unpaired) electrons. The minimum Gasteiger partial charge on any atom is -0.497 e. The molecule has 31 heavy (non-hydrogen) atoms. The molecule has 9 heteroatoms. The topological polar surface area (TPSA) is 105 Å². The lowest BCUT2D eigenvalue weighted by Gasteiger charge is -2.33.